The molecule has 1 heterocycles. The third-order valence-corrected chi connectivity index (χ3v) is 2.49. The van der Waals surface area contributed by atoms with E-state index in [-0.39, 0.29) is 17.6 Å². The third kappa shape index (κ3) is 3.68. The minimum absolute atomic E-state index is 0.235. The van der Waals surface area contributed by atoms with Crippen LogP contribution in [0.5, 0.6) is 0 Å². The first kappa shape index (κ1) is 10.4. The van der Waals surface area contributed by atoms with Gasteiger partial charge in [-0.3, -0.25) is 9.59 Å². The topological polar surface area (TPSA) is 46.2 Å². The van der Waals surface area contributed by atoms with Gasteiger partial charge in [-0.1, -0.05) is 12.8 Å². The third-order valence-electron chi connectivity index (χ3n) is 2.49. The summed E-state index contributed by atoms with van der Waals surface area (Å²) >= 11 is 0. The second kappa shape index (κ2) is 5.12. The number of hydrogen-bond acceptors (Lipinski definition) is 3. The standard InChI is InChI=1S/C10H17NO2/c1-8(12)10(13)7-9-5-3-2-4-6-11-9/h9,11H,2-7H2,1H3. The first-order valence-corrected chi connectivity index (χ1v) is 4.97. The summed E-state index contributed by atoms with van der Waals surface area (Å²) in [4.78, 5) is 21.9. The number of carbonyl (C=O) groups is 2. The summed E-state index contributed by atoms with van der Waals surface area (Å²) in [5, 5.41) is 3.29. The summed E-state index contributed by atoms with van der Waals surface area (Å²) < 4.78 is 0. The van der Waals surface area contributed by atoms with Gasteiger partial charge in [-0.05, 0) is 19.4 Å². The molecule has 0 amide bonds. The minimum Gasteiger partial charge on any atom is -0.314 e. The van der Waals surface area contributed by atoms with Gasteiger partial charge in [0.25, 0.3) is 0 Å². The highest BCUT2D eigenvalue weighted by Crippen LogP contribution is 2.11. The van der Waals surface area contributed by atoms with Crippen molar-refractivity contribution in [1.29, 1.82) is 0 Å². The van der Waals surface area contributed by atoms with Crippen molar-refractivity contribution in [3.63, 3.8) is 0 Å². The Bertz CT molecular complexity index is 193. The molecule has 1 saturated heterocycles. The Balaban J connectivity index is 2.33. The summed E-state index contributed by atoms with van der Waals surface area (Å²) in [6.45, 7) is 2.33. The molecule has 0 aromatic rings. The molecular formula is C10H17NO2. The van der Waals surface area contributed by atoms with E-state index in [4.69, 9.17) is 0 Å². The largest absolute Gasteiger partial charge is 0.314 e. The Hall–Kier alpha value is -0.700. The zero-order valence-electron chi connectivity index (χ0n) is 8.14. The molecular weight excluding hydrogens is 166 g/mol. The summed E-state index contributed by atoms with van der Waals surface area (Å²) in [6, 6.07) is 0.235. The fourth-order valence-corrected chi connectivity index (χ4v) is 1.64. The van der Waals surface area contributed by atoms with Crippen LogP contribution >= 0.6 is 0 Å². The Morgan fingerprint density at radius 2 is 2.08 bits per heavy atom. The zero-order valence-corrected chi connectivity index (χ0v) is 8.14. The highest BCUT2D eigenvalue weighted by atomic mass is 16.2. The average Bonchev–Trinajstić information content (AvgIpc) is 2.32. The van der Waals surface area contributed by atoms with Crippen LogP contribution in [0.25, 0.3) is 0 Å². The molecule has 0 bridgehead atoms. The van der Waals surface area contributed by atoms with Gasteiger partial charge in [0.15, 0.2) is 11.6 Å². The molecule has 0 spiro atoms. The van der Waals surface area contributed by atoms with E-state index in [1.54, 1.807) is 0 Å². The molecule has 3 heteroatoms. The van der Waals surface area contributed by atoms with Gasteiger partial charge in [-0.15, -0.1) is 0 Å². The molecule has 1 N–H and O–H groups in total. The number of carbonyl (C=O) groups excluding carboxylic acids is 2. The Morgan fingerprint density at radius 1 is 1.31 bits per heavy atom. The maximum Gasteiger partial charge on any atom is 0.199 e. The van der Waals surface area contributed by atoms with Crippen molar-refractivity contribution in [1.82, 2.24) is 5.32 Å². The molecule has 74 valence electrons. The molecule has 1 atom stereocenters. The van der Waals surface area contributed by atoms with Gasteiger partial charge in [0.05, 0.1) is 0 Å². The molecule has 0 aromatic carbocycles. The Labute approximate surface area is 78.9 Å². The second-order valence-electron chi connectivity index (χ2n) is 3.68. The summed E-state index contributed by atoms with van der Waals surface area (Å²) in [7, 11) is 0. The quantitative estimate of drug-likeness (QED) is 0.666. The molecule has 1 rings (SSSR count). The van der Waals surface area contributed by atoms with E-state index in [9.17, 15) is 9.59 Å². The highest BCUT2D eigenvalue weighted by Gasteiger charge is 2.17. The summed E-state index contributed by atoms with van der Waals surface area (Å²) in [5.74, 6) is -0.551. The average molecular weight is 183 g/mol. The van der Waals surface area contributed by atoms with Crippen molar-refractivity contribution in [2.75, 3.05) is 6.54 Å². The lowest BCUT2D eigenvalue weighted by molar-refractivity contribution is -0.135. The van der Waals surface area contributed by atoms with E-state index < -0.39 is 0 Å². The van der Waals surface area contributed by atoms with Crippen LogP contribution < -0.4 is 5.32 Å². The first-order chi connectivity index (χ1) is 6.20. The van der Waals surface area contributed by atoms with Gasteiger partial charge in [-0.25, -0.2) is 0 Å². The van der Waals surface area contributed by atoms with Crippen molar-refractivity contribution < 1.29 is 9.59 Å². The molecule has 0 saturated carbocycles. The lowest BCUT2D eigenvalue weighted by Gasteiger charge is -2.13. The van der Waals surface area contributed by atoms with Crippen LogP contribution in [0.1, 0.15) is 39.0 Å². The van der Waals surface area contributed by atoms with Crippen LogP contribution in [0, 0.1) is 0 Å². The van der Waals surface area contributed by atoms with Crippen LogP contribution in [0.3, 0.4) is 0 Å². The Morgan fingerprint density at radius 3 is 2.77 bits per heavy atom. The van der Waals surface area contributed by atoms with E-state index in [0.717, 1.165) is 13.0 Å². The van der Waals surface area contributed by atoms with Crippen molar-refractivity contribution >= 4 is 11.6 Å². The van der Waals surface area contributed by atoms with Crippen LogP contribution in [-0.2, 0) is 9.59 Å². The number of ketones is 2. The van der Waals surface area contributed by atoms with Crippen molar-refractivity contribution in [3.8, 4) is 0 Å². The normalized spacial score (nSPS) is 23.6. The fourth-order valence-electron chi connectivity index (χ4n) is 1.64. The number of hydrogen-bond donors (Lipinski definition) is 1. The molecule has 1 aliphatic rings. The van der Waals surface area contributed by atoms with E-state index in [1.165, 1.54) is 26.2 Å². The molecule has 0 radical (unpaired) electrons. The van der Waals surface area contributed by atoms with Gasteiger partial charge < -0.3 is 5.32 Å². The maximum absolute atomic E-state index is 11.1. The molecule has 1 fully saturated rings. The van der Waals surface area contributed by atoms with E-state index in [0.29, 0.717) is 6.42 Å². The molecule has 0 aliphatic carbocycles. The van der Waals surface area contributed by atoms with Crippen molar-refractivity contribution in [3.05, 3.63) is 0 Å². The van der Waals surface area contributed by atoms with E-state index >= 15 is 0 Å². The van der Waals surface area contributed by atoms with Gasteiger partial charge in [0, 0.05) is 19.4 Å². The summed E-state index contributed by atoms with van der Waals surface area (Å²) in [5.41, 5.74) is 0. The smallest absolute Gasteiger partial charge is 0.199 e. The van der Waals surface area contributed by atoms with Gasteiger partial charge in [0.1, 0.15) is 0 Å². The number of nitrogens with one attached hydrogen (secondary N) is 1. The SMILES string of the molecule is CC(=O)C(=O)CC1CCCCCN1. The molecule has 1 aliphatic heterocycles. The fraction of sp³-hybridized carbons (Fsp3) is 0.800. The molecule has 0 aromatic heterocycles. The predicted octanol–water partition coefficient (Wildman–Crippen LogP) is 1.07. The van der Waals surface area contributed by atoms with Crippen LogP contribution in [0.15, 0.2) is 0 Å². The highest BCUT2D eigenvalue weighted by molar-refractivity contribution is 6.36. The number of rotatable bonds is 3. The first-order valence-electron chi connectivity index (χ1n) is 4.97. The minimum atomic E-state index is -0.314. The lowest BCUT2D eigenvalue weighted by Crippen LogP contribution is -2.32. The zero-order chi connectivity index (χ0) is 9.68. The monoisotopic (exact) mass is 183 g/mol. The molecule has 13 heavy (non-hydrogen) atoms. The van der Waals surface area contributed by atoms with E-state index in [2.05, 4.69) is 5.32 Å². The van der Waals surface area contributed by atoms with Gasteiger partial charge in [-0.2, -0.15) is 0 Å². The number of Topliss-reactive ketones (excluding diaryl/α,β-unsaturated/α-hetero) is 2. The van der Waals surface area contributed by atoms with Crippen molar-refractivity contribution in [2.24, 2.45) is 0 Å². The van der Waals surface area contributed by atoms with E-state index in [1.807, 2.05) is 0 Å². The predicted molar refractivity (Wildman–Crippen MR) is 50.6 cm³/mol. The van der Waals surface area contributed by atoms with Crippen LogP contribution in [0.4, 0.5) is 0 Å². The lowest BCUT2D eigenvalue weighted by atomic mass is 10.0. The van der Waals surface area contributed by atoms with Gasteiger partial charge in [0.2, 0.25) is 0 Å². The van der Waals surface area contributed by atoms with Crippen LogP contribution in [0.2, 0.25) is 0 Å². The molecule has 3 nitrogen and oxygen atoms in total. The summed E-state index contributed by atoms with van der Waals surface area (Å²) in [6.07, 6.45) is 5.00. The van der Waals surface area contributed by atoms with Gasteiger partial charge >= 0.3 is 0 Å². The Kier molecular flexibility index (Phi) is 4.09. The maximum atomic E-state index is 11.1. The van der Waals surface area contributed by atoms with Crippen molar-refractivity contribution in [2.45, 2.75) is 45.1 Å². The molecule has 1 unspecified atom stereocenters. The van der Waals surface area contributed by atoms with Crippen LogP contribution in [-0.4, -0.2) is 24.2 Å². The second-order valence-corrected chi connectivity index (χ2v) is 3.68.